The second kappa shape index (κ2) is 3.22. The fraction of sp³-hybridized carbons (Fsp3) is 0.375. The molecule has 11 heavy (non-hydrogen) atoms. The molecule has 0 aliphatic carbocycles. The number of halogens is 1. The SMILES string of the molecule is C=C(C)C(C)n1cc(Br)cn1. The van der Waals surface area contributed by atoms with Crippen molar-refractivity contribution in [3.05, 3.63) is 29.0 Å². The Balaban J connectivity index is 2.84. The second-order valence-electron chi connectivity index (χ2n) is 2.66. The van der Waals surface area contributed by atoms with Crippen molar-refractivity contribution in [3.8, 4) is 0 Å². The first-order valence-corrected chi connectivity index (χ1v) is 4.25. The summed E-state index contributed by atoms with van der Waals surface area (Å²) in [5, 5.41) is 4.15. The number of nitrogens with zero attached hydrogens (tertiary/aromatic N) is 2. The van der Waals surface area contributed by atoms with Gasteiger partial charge in [-0.1, -0.05) is 12.2 Å². The van der Waals surface area contributed by atoms with E-state index in [0.29, 0.717) is 0 Å². The molecular formula is C8H11BrN2. The molecule has 1 aromatic heterocycles. The van der Waals surface area contributed by atoms with Gasteiger partial charge in [-0.2, -0.15) is 5.10 Å². The van der Waals surface area contributed by atoms with Gasteiger partial charge in [0.2, 0.25) is 0 Å². The van der Waals surface area contributed by atoms with E-state index in [1.807, 2.05) is 17.8 Å². The third-order valence-corrected chi connectivity index (χ3v) is 2.09. The summed E-state index contributed by atoms with van der Waals surface area (Å²) in [5.41, 5.74) is 1.11. The molecule has 0 N–H and O–H groups in total. The van der Waals surface area contributed by atoms with Crippen LogP contribution in [0.2, 0.25) is 0 Å². The van der Waals surface area contributed by atoms with Gasteiger partial charge in [0.05, 0.1) is 16.7 Å². The fourth-order valence-electron chi connectivity index (χ4n) is 0.752. The highest BCUT2D eigenvalue weighted by Gasteiger charge is 2.04. The average molecular weight is 215 g/mol. The summed E-state index contributed by atoms with van der Waals surface area (Å²) < 4.78 is 2.89. The van der Waals surface area contributed by atoms with E-state index in [9.17, 15) is 0 Å². The maximum absolute atomic E-state index is 4.15. The highest BCUT2D eigenvalue weighted by Crippen LogP contribution is 2.16. The highest BCUT2D eigenvalue weighted by atomic mass is 79.9. The molecule has 1 aromatic rings. The summed E-state index contributed by atoms with van der Waals surface area (Å²) in [6.07, 6.45) is 3.72. The summed E-state index contributed by atoms with van der Waals surface area (Å²) >= 11 is 3.34. The lowest BCUT2D eigenvalue weighted by Gasteiger charge is -2.10. The Bertz CT molecular complexity index is 265. The maximum atomic E-state index is 4.15. The van der Waals surface area contributed by atoms with Crippen molar-refractivity contribution >= 4 is 15.9 Å². The quantitative estimate of drug-likeness (QED) is 0.693. The van der Waals surface area contributed by atoms with Crippen LogP contribution in [0.5, 0.6) is 0 Å². The molecule has 0 aliphatic rings. The summed E-state index contributed by atoms with van der Waals surface area (Å²) in [6.45, 7) is 7.94. The first-order chi connectivity index (χ1) is 5.11. The number of hydrogen-bond donors (Lipinski definition) is 0. The van der Waals surface area contributed by atoms with Gasteiger partial charge in [-0.25, -0.2) is 0 Å². The second-order valence-corrected chi connectivity index (χ2v) is 3.58. The van der Waals surface area contributed by atoms with Gasteiger partial charge in [0.15, 0.2) is 0 Å². The first-order valence-electron chi connectivity index (χ1n) is 3.46. The molecule has 1 unspecified atom stereocenters. The van der Waals surface area contributed by atoms with Crippen LogP contribution in [0.25, 0.3) is 0 Å². The van der Waals surface area contributed by atoms with Crippen molar-refractivity contribution in [2.45, 2.75) is 19.9 Å². The van der Waals surface area contributed by atoms with E-state index in [4.69, 9.17) is 0 Å². The molecule has 0 radical (unpaired) electrons. The van der Waals surface area contributed by atoms with Gasteiger partial charge in [-0.3, -0.25) is 4.68 Å². The van der Waals surface area contributed by atoms with Crippen LogP contribution in [0.3, 0.4) is 0 Å². The molecule has 0 saturated carbocycles. The average Bonchev–Trinajstić information content (AvgIpc) is 2.34. The molecule has 1 atom stereocenters. The third-order valence-electron chi connectivity index (χ3n) is 1.68. The Labute approximate surface area is 75.0 Å². The normalized spacial score (nSPS) is 13.0. The van der Waals surface area contributed by atoms with Gasteiger partial charge in [-0.15, -0.1) is 0 Å². The summed E-state index contributed by atoms with van der Waals surface area (Å²) in [6, 6.07) is 0.279. The largest absolute Gasteiger partial charge is 0.265 e. The minimum atomic E-state index is 0.279. The van der Waals surface area contributed by atoms with Crippen molar-refractivity contribution in [2.75, 3.05) is 0 Å². The highest BCUT2D eigenvalue weighted by molar-refractivity contribution is 9.10. The number of aromatic nitrogens is 2. The first kappa shape index (κ1) is 8.53. The van der Waals surface area contributed by atoms with Gasteiger partial charge >= 0.3 is 0 Å². The van der Waals surface area contributed by atoms with Crippen LogP contribution in [0.15, 0.2) is 29.0 Å². The number of hydrogen-bond acceptors (Lipinski definition) is 1. The van der Waals surface area contributed by atoms with Gasteiger partial charge in [-0.05, 0) is 29.8 Å². The molecule has 1 rings (SSSR count). The zero-order chi connectivity index (χ0) is 8.43. The molecule has 0 saturated heterocycles. The zero-order valence-corrected chi connectivity index (χ0v) is 8.30. The van der Waals surface area contributed by atoms with Crippen molar-refractivity contribution in [1.82, 2.24) is 9.78 Å². The van der Waals surface area contributed by atoms with Crippen molar-refractivity contribution < 1.29 is 0 Å². The summed E-state index contributed by atoms with van der Waals surface area (Å²) in [4.78, 5) is 0. The third kappa shape index (κ3) is 1.93. The van der Waals surface area contributed by atoms with E-state index in [2.05, 4.69) is 34.5 Å². The monoisotopic (exact) mass is 214 g/mol. The van der Waals surface area contributed by atoms with E-state index < -0.39 is 0 Å². The lowest BCUT2D eigenvalue weighted by molar-refractivity contribution is 0.556. The molecule has 2 nitrogen and oxygen atoms in total. The lowest BCUT2D eigenvalue weighted by atomic mass is 10.2. The maximum Gasteiger partial charge on any atom is 0.0695 e. The minimum absolute atomic E-state index is 0.279. The molecule has 0 spiro atoms. The molecule has 0 aliphatic heterocycles. The number of allylic oxidation sites excluding steroid dienone is 1. The molecule has 60 valence electrons. The molecule has 0 amide bonds. The van der Waals surface area contributed by atoms with Crippen LogP contribution in [0.4, 0.5) is 0 Å². The molecule has 1 heterocycles. The van der Waals surface area contributed by atoms with Crippen LogP contribution in [-0.2, 0) is 0 Å². The zero-order valence-electron chi connectivity index (χ0n) is 6.71. The Morgan fingerprint density at radius 2 is 2.45 bits per heavy atom. The predicted molar refractivity (Wildman–Crippen MR) is 49.5 cm³/mol. The van der Waals surface area contributed by atoms with E-state index in [1.165, 1.54) is 0 Å². The smallest absolute Gasteiger partial charge is 0.0695 e. The van der Waals surface area contributed by atoms with E-state index >= 15 is 0 Å². The predicted octanol–water partition coefficient (Wildman–Crippen LogP) is 2.78. The van der Waals surface area contributed by atoms with Crippen molar-refractivity contribution in [3.63, 3.8) is 0 Å². The number of rotatable bonds is 2. The van der Waals surface area contributed by atoms with Crippen molar-refractivity contribution in [2.24, 2.45) is 0 Å². The van der Waals surface area contributed by atoms with Crippen LogP contribution in [0.1, 0.15) is 19.9 Å². The molecule has 0 aromatic carbocycles. The molecule has 3 heteroatoms. The van der Waals surface area contributed by atoms with Gasteiger partial charge in [0, 0.05) is 6.20 Å². The molecule has 0 bridgehead atoms. The van der Waals surface area contributed by atoms with Gasteiger partial charge < -0.3 is 0 Å². The van der Waals surface area contributed by atoms with Gasteiger partial charge in [0.25, 0.3) is 0 Å². The van der Waals surface area contributed by atoms with Crippen LogP contribution in [0, 0.1) is 0 Å². The van der Waals surface area contributed by atoms with Crippen molar-refractivity contribution in [1.29, 1.82) is 0 Å². The fourth-order valence-corrected chi connectivity index (χ4v) is 1.05. The molecule has 0 fully saturated rings. The minimum Gasteiger partial charge on any atom is -0.265 e. The standard InChI is InChI=1S/C8H11BrN2/c1-6(2)7(3)11-5-8(9)4-10-11/h4-5,7H,1H2,2-3H3. The topological polar surface area (TPSA) is 17.8 Å². The Morgan fingerprint density at radius 1 is 1.82 bits per heavy atom. The Hall–Kier alpha value is -0.570. The van der Waals surface area contributed by atoms with Crippen LogP contribution >= 0.6 is 15.9 Å². The Morgan fingerprint density at radius 3 is 2.82 bits per heavy atom. The van der Waals surface area contributed by atoms with Gasteiger partial charge in [0.1, 0.15) is 0 Å². The van der Waals surface area contributed by atoms with E-state index in [-0.39, 0.29) is 6.04 Å². The van der Waals surface area contributed by atoms with Crippen LogP contribution in [-0.4, -0.2) is 9.78 Å². The molecular weight excluding hydrogens is 204 g/mol. The van der Waals surface area contributed by atoms with E-state index in [1.54, 1.807) is 6.20 Å². The lowest BCUT2D eigenvalue weighted by Crippen LogP contribution is -2.05. The van der Waals surface area contributed by atoms with E-state index in [0.717, 1.165) is 10.0 Å². The summed E-state index contributed by atoms with van der Waals surface area (Å²) in [5.74, 6) is 0. The summed E-state index contributed by atoms with van der Waals surface area (Å²) in [7, 11) is 0. The Kier molecular flexibility index (Phi) is 2.49. The van der Waals surface area contributed by atoms with Crippen LogP contribution < -0.4 is 0 Å².